The molecule has 16 heavy (non-hydrogen) atoms. The summed E-state index contributed by atoms with van der Waals surface area (Å²) < 4.78 is 0. The van der Waals surface area contributed by atoms with Crippen LogP contribution in [0.2, 0.25) is 0 Å². The van der Waals surface area contributed by atoms with E-state index in [2.05, 4.69) is 6.92 Å². The van der Waals surface area contributed by atoms with E-state index in [9.17, 15) is 5.11 Å². The fourth-order valence-corrected chi connectivity index (χ4v) is 3.56. The molecule has 0 unspecified atom stereocenters. The monoisotopic (exact) mass is 225 g/mol. The predicted molar refractivity (Wildman–Crippen MR) is 67.2 cm³/mol. The van der Waals surface area contributed by atoms with Gasteiger partial charge in [-0.3, -0.25) is 0 Å². The number of hydrogen-bond acceptors (Lipinski definition) is 2. The fourth-order valence-electron chi connectivity index (χ4n) is 3.56. The molecule has 2 aliphatic carbocycles. The number of rotatable bonds is 1. The molecule has 0 atom stereocenters. The number of nitrogens with two attached hydrogens (primary N) is 1. The average Bonchev–Trinajstić information content (AvgIpc) is 2.49. The lowest BCUT2D eigenvalue weighted by Gasteiger charge is -2.48. The molecule has 94 valence electrons. The van der Waals surface area contributed by atoms with Crippen LogP contribution >= 0.6 is 0 Å². The zero-order valence-electron chi connectivity index (χ0n) is 10.7. The van der Waals surface area contributed by atoms with E-state index < -0.39 is 5.60 Å². The van der Waals surface area contributed by atoms with E-state index in [0.717, 1.165) is 44.4 Å². The van der Waals surface area contributed by atoms with Crippen molar-refractivity contribution in [2.75, 3.05) is 0 Å². The van der Waals surface area contributed by atoms with Crippen LogP contribution in [0.3, 0.4) is 0 Å². The van der Waals surface area contributed by atoms with E-state index in [1.165, 1.54) is 25.7 Å². The number of hydrogen-bond donors (Lipinski definition) is 2. The van der Waals surface area contributed by atoms with Crippen molar-refractivity contribution >= 4 is 0 Å². The third-order valence-corrected chi connectivity index (χ3v) is 5.02. The predicted octanol–water partition coefficient (Wildman–Crippen LogP) is 2.98. The summed E-state index contributed by atoms with van der Waals surface area (Å²) in [7, 11) is 0. The van der Waals surface area contributed by atoms with Gasteiger partial charge >= 0.3 is 0 Å². The first kappa shape index (κ1) is 12.4. The zero-order chi connectivity index (χ0) is 11.6. The van der Waals surface area contributed by atoms with Crippen LogP contribution in [-0.4, -0.2) is 16.2 Å². The topological polar surface area (TPSA) is 46.2 Å². The molecule has 2 fully saturated rings. The third-order valence-electron chi connectivity index (χ3n) is 5.02. The molecule has 0 radical (unpaired) electrons. The van der Waals surface area contributed by atoms with E-state index in [-0.39, 0.29) is 5.54 Å². The quantitative estimate of drug-likeness (QED) is 0.674. The normalized spacial score (nSPS) is 40.3. The van der Waals surface area contributed by atoms with Crippen molar-refractivity contribution < 1.29 is 5.11 Å². The molecule has 2 heteroatoms. The molecule has 0 aromatic carbocycles. The Morgan fingerprint density at radius 3 is 1.94 bits per heavy atom. The first-order chi connectivity index (χ1) is 7.56. The molecule has 2 saturated carbocycles. The Morgan fingerprint density at radius 1 is 0.938 bits per heavy atom. The SMILES string of the molecule is CC1CCC(O)(C2(N)CCCCCC2)CC1. The maximum absolute atomic E-state index is 10.9. The van der Waals surface area contributed by atoms with Gasteiger partial charge in [-0.1, -0.05) is 32.6 Å². The summed E-state index contributed by atoms with van der Waals surface area (Å²) in [5, 5.41) is 10.9. The molecule has 2 aliphatic rings. The van der Waals surface area contributed by atoms with Crippen molar-refractivity contribution in [2.24, 2.45) is 11.7 Å². The summed E-state index contributed by atoms with van der Waals surface area (Å²) >= 11 is 0. The molecule has 0 aromatic heterocycles. The minimum atomic E-state index is -0.566. The van der Waals surface area contributed by atoms with E-state index in [1.54, 1.807) is 0 Å². The van der Waals surface area contributed by atoms with Crippen LogP contribution in [0.15, 0.2) is 0 Å². The van der Waals surface area contributed by atoms with Crippen LogP contribution in [0, 0.1) is 5.92 Å². The molecule has 0 aliphatic heterocycles. The largest absolute Gasteiger partial charge is 0.388 e. The second-order valence-corrected chi connectivity index (χ2v) is 6.28. The summed E-state index contributed by atoms with van der Waals surface area (Å²) in [6.07, 6.45) is 11.2. The van der Waals surface area contributed by atoms with Crippen molar-refractivity contribution in [1.29, 1.82) is 0 Å². The Morgan fingerprint density at radius 2 is 1.44 bits per heavy atom. The van der Waals surface area contributed by atoms with Crippen molar-refractivity contribution in [3.8, 4) is 0 Å². The molecule has 0 spiro atoms. The van der Waals surface area contributed by atoms with Gasteiger partial charge in [-0.15, -0.1) is 0 Å². The van der Waals surface area contributed by atoms with Crippen LogP contribution in [0.1, 0.15) is 71.1 Å². The lowest BCUT2D eigenvalue weighted by atomic mass is 9.66. The van der Waals surface area contributed by atoms with E-state index in [1.807, 2.05) is 0 Å². The van der Waals surface area contributed by atoms with Gasteiger partial charge in [0.05, 0.1) is 5.60 Å². The lowest BCUT2D eigenvalue weighted by molar-refractivity contribution is -0.0779. The minimum Gasteiger partial charge on any atom is -0.388 e. The molecular formula is C14H27NO. The highest BCUT2D eigenvalue weighted by Crippen LogP contribution is 2.43. The van der Waals surface area contributed by atoms with Gasteiger partial charge in [0.2, 0.25) is 0 Å². The third kappa shape index (κ3) is 2.28. The minimum absolute atomic E-state index is 0.288. The van der Waals surface area contributed by atoms with Gasteiger partial charge in [0, 0.05) is 5.54 Å². The highest BCUT2D eigenvalue weighted by atomic mass is 16.3. The maximum atomic E-state index is 10.9. The average molecular weight is 225 g/mol. The summed E-state index contributed by atoms with van der Waals surface area (Å²) in [5.41, 5.74) is 5.71. The van der Waals surface area contributed by atoms with Gasteiger partial charge in [0.25, 0.3) is 0 Å². The van der Waals surface area contributed by atoms with Gasteiger partial charge < -0.3 is 10.8 Å². The summed E-state index contributed by atoms with van der Waals surface area (Å²) in [5.74, 6) is 0.773. The van der Waals surface area contributed by atoms with Crippen LogP contribution in [0.4, 0.5) is 0 Å². The second-order valence-electron chi connectivity index (χ2n) is 6.28. The van der Waals surface area contributed by atoms with Crippen LogP contribution < -0.4 is 5.73 Å². The van der Waals surface area contributed by atoms with E-state index in [0.29, 0.717) is 0 Å². The highest BCUT2D eigenvalue weighted by Gasteiger charge is 2.48. The summed E-state index contributed by atoms with van der Waals surface area (Å²) in [6, 6.07) is 0. The smallest absolute Gasteiger partial charge is 0.0826 e. The molecule has 0 bridgehead atoms. The van der Waals surface area contributed by atoms with Crippen LogP contribution in [0.5, 0.6) is 0 Å². The molecular weight excluding hydrogens is 198 g/mol. The lowest BCUT2D eigenvalue weighted by Crippen LogP contribution is -2.61. The van der Waals surface area contributed by atoms with Crippen LogP contribution in [0.25, 0.3) is 0 Å². The molecule has 0 aromatic rings. The molecule has 0 heterocycles. The van der Waals surface area contributed by atoms with E-state index in [4.69, 9.17) is 5.73 Å². The molecule has 0 saturated heterocycles. The van der Waals surface area contributed by atoms with Crippen molar-refractivity contribution in [3.05, 3.63) is 0 Å². The first-order valence-electron chi connectivity index (χ1n) is 7.07. The fraction of sp³-hybridized carbons (Fsp3) is 1.00. The maximum Gasteiger partial charge on any atom is 0.0826 e. The zero-order valence-corrected chi connectivity index (χ0v) is 10.7. The van der Waals surface area contributed by atoms with Gasteiger partial charge in [-0.2, -0.15) is 0 Å². The van der Waals surface area contributed by atoms with Crippen molar-refractivity contribution in [3.63, 3.8) is 0 Å². The van der Waals surface area contributed by atoms with Gasteiger partial charge in [0.15, 0.2) is 0 Å². The Balaban J connectivity index is 2.08. The molecule has 0 amide bonds. The van der Waals surface area contributed by atoms with Crippen molar-refractivity contribution in [2.45, 2.75) is 82.3 Å². The summed E-state index contributed by atoms with van der Waals surface area (Å²) in [6.45, 7) is 2.29. The van der Waals surface area contributed by atoms with E-state index >= 15 is 0 Å². The summed E-state index contributed by atoms with van der Waals surface area (Å²) in [4.78, 5) is 0. The van der Waals surface area contributed by atoms with Crippen LogP contribution in [-0.2, 0) is 0 Å². The molecule has 2 rings (SSSR count). The Hall–Kier alpha value is -0.0800. The number of aliphatic hydroxyl groups is 1. The van der Waals surface area contributed by atoms with Gasteiger partial charge in [0.1, 0.15) is 0 Å². The Labute approximate surface area is 99.6 Å². The van der Waals surface area contributed by atoms with Crippen molar-refractivity contribution in [1.82, 2.24) is 0 Å². The first-order valence-corrected chi connectivity index (χ1v) is 7.07. The molecule has 3 N–H and O–H groups in total. The Kier molecular flexibility index (Phi) is 3.60. The van der Waals surface area contributed by atoms with Gasteiger partial charge in [-0.05, 0) is 44.4 Å². The second kappa shape index (κ2) is 4.66. The standard InChI is InChI=1S/C14H27NO/c1-12-6-10-14(16,11-7-12)13(15)8-4-2-3-5-9-13/h12,16H,2-11,15H2,1H3. The van der Waals surface area contributed by atoms with Gasteiger partial charge in [-0.25, -0.2) is 0 Å². The highest BCUT2D eigenvalue weighted by molar-refractivity contribution is 5.05. The molecule has 2 nitrogen and oxygen atoms in total. The Bertz CT molecular complexity index is 223.